The molecule has 3 rings (SSSR count). The van der Waals surface area contributed by atoms with Gasteiger partial charge in [0.05, 0.1) is 0 Å². The minimum Gasteiger partial charge on any atom is -0.454 e. The Morgan fingerprint density at radius 1 is 1.16 bits per heavy atom. The average molecular weight is 342 g/mol. The molecule has 0 atom stereocenters. The summed E-state index contributed by atoms with van der Waals surface area (Å²) in [4.78, 5) is 21.0. The molecule has 25 heavy (non-hydrogen) atoms. The zero-order valence-electron chi connectivity index (χ0n) is 14.8. The smallest absolute Gasteiger partial charge is 0.270 e. The monoisotopic (exact) mass is 342 g/mol. The maximum absolute atomic E-state index is 12.3. The van der Waals surface area contributed by atoms with Crippen molar-refractivity contribution in [2.75, 3.05) is 12.1 Å². The van der Waals surface area contributed by atoms with Gasteiger partial charge in [-0.2, -0.15) is 0 Å². The van der Waals surface area contributed by atoms with Gasteiger partial charge in [0.2, 0.25) is 12.7 Å². The van der Waals surface area contributed by atoms with Crippen LogP contribution in [-0.4, -0.2) is 28.2 Å². The Balaban J connectivity index is 1.71. The molecule has 1 aliphatic rings. The number of carbonyl (C=O) groups excluding carboxylic acids is 1. The molecule has 0 bridgehead atoms. The first-order chi connectivity index (χ1) is 11.8. The topological polar surface area (TPSA) is 85.4 Å². The van der Waals surface area contributed by atoms with Gasteiger partial charge >= 0.3 is 0 Å². The van der Waals surface area contributed by atoms with Crippen LogP contribution in [0, 0.1) is 6.92 Å². The number of ether oxygens (including phenoxy) is 2. The molecular formula is C18H22N4O3. The average Bonchev–Trinajstić information content (AvgIpc) is 2.98. The van der Waals surface area contributed by atoms with E-state index in [9.17, 15) is 4.79 Å². The molecule has 0 saturated carbocycles. The first-order valence-corrected chi connectivity index (χ1v) is 8.11. The second kappa shape index (κ2) is 6.58. The lowest BCUT2D eigenvalue weighted by Crippen LogP contribution is -2.41. The van der Waals surface area contributed by atoms with Crippen molar-refractivity contribution in [3.8, 4) is 11.5 Å². The summed E-state index contributed by atoms with van der Waals surface area (Å²) < 4.78 is 10.7. The molecule has 1 aliphatic heterocycles. The number of aromatic nitrogens is 2. The predicted molar refractivity (Wildman–Crippen MR) is 93.9 cm³/mol. The Labute approximate surface area is 146 Å². The fourth-order valence-corrected chi connectivity index (χ4v) is 2.40. The lowest BCUT2D eigenvalue weighted by Gasteiger charge is -2.20. The molecule has 0 fully saturated rings. The van der Waals surface area contributed by atoms with Gasteiger partial charge in [0, 0.05) is 17.8 Å². The molecule has 0 unspecified atom stereocenters. The fourth-order valence-electron chi connectivity index (χ4n) is 2.40. The van der Waals surface area contributed by atoms with Crippen LogP contribution in [0.2, 0.25) is 0 Å². The molecule has 0 radical (unpaired) electrons. The van der Waals surface area contributed by atoms with Crippen LogP contribution >= 0.6 is 0 Å². The zero-order valence-corrected chi connectivity index (χ0v) is 14.8. The summed E-state index contributed by atoms with van der Waals surface area (Å²) in [5, 5.41) is 6.06. The summed E-state index contributed by atoms with van der Waals surface area (Å²) in [6.07, 6.45) is 0. The Bertz CT molecular complexity index is 799. The van der Waals surface area contributed by atoms with E-state index >= 15 is 0 Å². The highest BCUT2D eigenvalue weighted by molar-refractivity contribution is 5.93. The van der Waals surface area contributed by atoms with Gasteiger partial charge in [-0.05, 0) is 51.5 Å². The number of rotatable bonds is 4. The number of fused-ring (bicyclic) bond motifs is 1. The van der Waals surface area contributed by atoms with E-state index in [1.807, 2.05) is 45.9 Å². The summed E-state index contributed by atoms with van der Waals surface area (Å²) in [5.74, 6) is 1.67. The number of hydrogen-bond acceptors (Lipinski definition) is 6. The highest BCUT2D eigenvalue weighted by Gasteiger charge is 2.18. The SMILES string of the molecule is Cc1cc(C(=O)NC(C)(C)C)nc(NCc2ccc3c(c2)OCO3)n1. The summed E-state index contributed by atoms with van der Waals surface area (Å²) in [6.45, 7) is 8.38. The summed E-state index contributed by atoms with van der Waals surface area (Å²) in [7, 11) is 0. The van der Waals surface area contributed by atoms with E-state index in [2.05, 4.69) is 20.6 Å². The molecule has 0 spiro atoms. The van der Waals surface area contributed by atoms with Crippen LogP contribution in [0.25, 0.3) is 0 Å². The highest BCUT2D eigenvalue weighted by atomic mass is 16.7. The van der Waals surface area contributed by atoms with Crippen molar-refractivity contribution in [2.45, 2.75) is 39.8 Å². The summed E-state index contributed by atoms with van der Waals surface area (Å²) in [6, 6.07) is 7.41. The van der Waals surface area contributed by atoms with Crippen molar-refractivity contribution in [1.29, 1.82) is 0 Å². The van der Waals surface area contributed by atoms with E-state index in [0.29, 0.717) is 18.2 Å². The molecule has 1 aromatic carbocycles. The second-order valence-electron chi connectivity index (χ2n) is 6.96. The van der Waals surface area contributed by atoms with E-state index in [-0.39, 0.29) is 18.2 Å². The minimum atomic E-state index is -0.323. The Kier molecular flexibility index (Phi) is 4.48. The van der Waals surface area contributed by atoms with E-state index in [1.165, 1.54) is 0 Å². The maximum Gasteiger partial charge on any atom is 0.270 e. The third-order valence-corrected chi connectivity index (χ3v) is 3.46. The zero-order chi connectivity index (χ0) is 18.0. The quantitative estimate of drug-likeness (QED) is 0.888. The van der Waals surface area contributed by atoms with Crippen molar-refractivity contribution in [3.63, 3.8) is 0 Å². The first-order valence-electron chi connectivity index (χ1n) is 8.11. The van der Waals surface area contributed by atoms with Gasteiger partial charge in [0.25, 0.3) is 5.91 Å². The fraction of sp³-hybridized carbons (Fsp3) is 0.389. The number of anilines is 1. The van der Waals surface area contributed by atoms with E-state index < -0.39 is 0 Å². The number of carbonyl (C=O) groups is 1. The molecule has 7 nitrogen and oxygen atoms in total. The molecular weight excluding hydrogens is 320 g/mol. The van der Waals surface area contributed by atoms with Crippen LogP contribution in [0.15, 0.2) is 24.3 Å². The van der Waals surface area contributed by atoms with Crippen molar-refractivity contribution < 1.29 is 14.3 Å². The number of nitrogens with zero attached hydrogens (tertiary/aromatic N) is 2. The molecule has 0 aliphatic carbocycles. The van der Waals surface area contributed by atoms with Crippen molar-refractivity contribution in [2.24, 2.45) is 0 Å². The normalized spacial score (nSPS) is 12.8. The van der Waals surface area contributed by atoms with Gasteiger partial charge < -0.3 is 20.1 Å². The number of benzene rings is 1. The maximum atomic E-state index is 12.3. The van der Waals surface area contributed by atoms with Gasteiger partial charge in [-0.3, -0.25) is 4.79 Å². The van der Waals surface area contributed by atoms with E-state index in [0.717, 1.165) is 22.8 Å². The molecule has 1 amide bonds. The Morgan fingerprint density at radius 2 is 1.92 bits per heavy atom. The molecule has 2 N–H and O–H groups in total. The standard InChI is InChI=1S/C18H22N4O3/c1-11-7-13(16(23)22-18(2,3)4)21-17(20-11)19-9-12-5-6-14-15(8-12)25-10-24-14/h5-8H,9-10H2,1-4H3,(H,22,23)(H,19,20,21). The van der Waals surface area contributed by atoms with Crippen LogP contribution in [-0.2, 0) is 6.54 Å². The molecule has 132 valence electrons. The molecule has 0 saturated heterocycles. The third-order valence-electron chi connectivity index (χ3n) is 3.46. The molecule has 2 aromatic rings. The van der Waals surface area contributed by atoms with Gasteiger partial charge in [-0.1, -0.05) is 6.07 Å². The number of aryl methyl sites for hydroxylation is 1. The lowest BCUT2D eigenvalue weighted by molar-refractivity contribution is 0.0914. The minimum absolute atomic E-state index is 0.218. The molecule has 1 aromatic heterocycles. The summed E-state index contributed by atoms with van der Waals surface area (Å²) >= 11 is 0. The largest absolute Gasteiger partial charge is 0.454 e. The van der Waals surface area contributed by atoms with Gasteiger partial charge in [-0.15, -0.1) is 0 Å². The van der Waals surface area contributed by atoms with Crippen LogP contribution < -0.4 is 20.1 Å². The first kappa shape index (κ1) is 17.0. The Morgan fingerprint density at radius 3 is 2.68 bits per heavy atom. The van der Waals surface area contributed by atoms with Crippen molar-refractivity contribution in [3.05, 3.63) is 41.2 Å². The Hall–Kier alpha value is -2.83. The van der Waals surface area contributed by atoms with Gasteiger partial charge in [-0.25, -0.2) is 9.97 Å². The van der Waals surface area contributed by atoms with Crippen molar-refractivity contribution in [1.82, 2.24) is 15.3 Å². The summed E-state index contributed by atoms with van der Waals surface area (Å²) in [5.41, 5.74) is 1.75. The van der Waals surface area contributed by atoms with E-state index in [4.69, 9.17) is 9.47 Å². The molecule has 7 heteroatoms. The van der Waals surface area contributed by atoms with E-state index in [1.54, 1.807) is 6.07 Å². The third kappa shape index (κ3) is 4.37. The number of nitrogens with one attached hydrogen (secondary N) is 2. The van der Waals surface area contributed by atoms with Crippen LogP contribution in [0.1, 0.15) is 42.5 Å². The highest BCUT2D eigenvalue weighted by Crippen LogP contribution is 2.32. The lowest BCUT2D eigenvalue weighted by atomic mass is 10.1. The van der Waals surface area contributed by atoms with Crippen LogP contribution in [0.3, 0.4) is 0 Å². The number of hydrogen-bond donors (Lipinski definition) is 2. The van der Waals surface area contributed by atoms with Crippen LogP contribution in [0.5, 0.6) is 11.5 Å². The van der Waals surface area contributed by atoms with Gasteiger partial charge in [0.15, 0.2) is 11.5 Å². The number of amides is 1. The molecule has 2 heterocycles. The van der Waals surface area contributed by atoms with Crippen molar-refractivity contribution >= 4 is 11.9 Å². The predicted octanol–water partition coefficient (Wildman–Crippen LogP) is 2.65. The second-order valence-corrected chi connectivity index (χ2v) is 6.96. The van der Waals surface area contributed by atoms with Gasteiger partial charge in [0.1, 0.15) is 5.69 Å². The van der Waals surface area contributed by atoms with Crippen LogP contribution in [0.4, 0.5) is 5.95 Å².